The summed E-state index contributed by atoms with van der Waals surface area (Å²) >= 11 is 5.63. The van der Waals surface area contributed by atoms with Crippen molar-refractivity contribution in [3.05, 3.63) is 29.8 Å². The fourth-order valence-electron chi connectivity index (χ4n) is 1.62. The summed E-state index contributed by atoms with van der Waals surface area (Å²) in [6, 6.07) is 8.32. The maximum Gasteiger partial charge on any atom is 0.122 e. The molecule has 0 bridgehead atoms. The molecule has 0 aliphatic rings. The Hall–Kier alpha value is -0.690. The number of ether oxygens (including phenoxy) is 1. The standard InChI is InChI=1S/C14H21ClO/c1-3-12(2)13-8-4-5-9-14(13)16-11-7-6-10-15/h4-5,8-9,12H,3,6-7,10-11H2,1-2H3. The molecule has 1 nitrogen and oxygen atoms in total. The molecule has 0 saturated heterocycles. The lowest BCUT2D eigenvalue weighted by Crippen LogP contribution is -2.02. The van der Waals surface area contributed by atoms with Crippen LogP contribution in [0.5, 0.6) is 5.75 Å². The summed E-state index contributed by atoms with van der Waals surface area (Å²) in [5, 5.41) is 0. The molecule has 0 aromatic heterocycles. The zero-order valence-corrected chi connectivity index (χ0v) is 11.0. The summed E-state index contributed by atoms with van der Waals surface area (Å²) in [6.45, 7) is 5.20. The zero-order valence-electron chi connectivity index (χ0n) is 10.2. The molecule has 0 N–H and O–H groups in total. The SMILES string of the molecule is CCC(C)c1ccccc1OCCCCCl. The maximum absolute atomic E-state index is 5.80. The Balaban J connectivity index is 2.57. The molecule has 0 heterocycles. The Bertz CT molecular complexity index is 299. The van der Waals surface area contributed by atoms with Gasteiger partial charge < -0.3 is 4.74 Å². The first-order chi connectivity index (χ1) is 7.79. The van der Waals surface area contributed by atoms with Crippen molar-refractivity contribution in [3.63, 3.8) is 0 Å². The van der Waals surface area contributed by atoms with E-state index in [2.05, 4.69) is 32.0 Å². The molecule has 0 aliphatic heterocycles. The van der Waals surface area contributed by atoms with Gasteiger partial charge in [-0.3, -0.25) is 0 Å². The van der Waals surface area contributed by atoms with Gasteiger partial charge in [0.2, 0.25) is 0 Å². The van der Waals surface area contributed by atoms with E-state index in [-0.39, 0.29) is 0 Å². The fourth-order valence-corrected chi connectivity index (χ4v) is 1.81. The van der Waals surface area contributed by atoms with Gasteiger partial charge in [0.1, 0.15) is 5.75 Å². The third-order valence-electron chi connectivity index (χ3n) is 2.85. The number of benzene rings is 1. The topological polar surface area (TPSA) is 9.23 Å². The van der Waals surface area contributed by atoms with Gasteiger partial charge in [0, 0.05) is 5.88 Å². The van der Waals surface area contributed by atoms with Crippen molar-refractivity contribution >= 4 is 11.6 Å². The highest BCUT2D eigenvalue weighted by atomic mass is 35.5. The van der Waals surface area contributed by atoms with Crippen LogP contribution in [0.2, 0.25) is 0 Å². The number of alkyl halides is 1. The third-order valence-corrected chi connectivity index (χ3v) is 3.12. The highest BCUT2D eigenvalue weighted by molar-refractivity contribution is 6.17. The van der Waals surface area contributed by atoms with Crippen molar-refractivity contribution < 1.29 is 4.74 Å². The molecule has 1 aromatic carbocycles. The molecule has 1 unspecified atom stereocenters. The average Bonchev–Trinajstić information content (AvgIpc) is 2.34. The lowest BCUT2D eigenvalue weighted by atomic mass is 9.98. The molecule has 0 spiro atoms. The van der Waals surface area contributed by atoms with Crippen molar-refractivity contribution in [3.8, 4) is 5.75 Å². The summed E-state index contributed by atoms with van der Waals surface area (Å²) in [5.74, 6) is 2.31. The lowest BCUT2D eigenvalue weighted by molar-refractivity contribution is 0.305. The van der Waals surface area contributed by atoms with Gasteiger partial charge in [-0.2, -0.15) is 0 Å². The Morgan fingerprint density at radius 3 is 2.69 bits per heavy atom. The van der Waals surface area contributed by atoms with E-state index in [1.165, 1.54) is 5.56 Å². The van der Waals surface area contributed by atoms with E-state index in [0.717, 1.165) is 37.5 Å². The highest BCUT2D eigenvalue weighted by Gasteiger charge is 2.08. The van der Waals surface area contributed by atoms with Crippen LogP contribution in [0.25, 0.3) is 0 Å². The normalized spacial score (nSPS) is 12.4. The minimum absolute atomic E-state index is 0.559. The number of para-hydroxylation sites is 1. The van der Waals surface area contributed by atoms with Crippen LogP contribution in [0.1, 0.15) is 44.6 Å². The molecule has 0 radical (unpaired) electrons. The minimum atomic E-state index is 0.559. The van der Waals surface area contributed by atoms with Gasteiger partial charge in [-0.25, -0.2) is 0 Å². The Morgan fingerprint density at radius 1 is 1.25 bits per heavy atom. The Kier molecular flexibility index (Phi) is 6.32. The predicted molar refractivity (Wildman–Crippen MR) is 70.6 cm³/mol. The molecular weight excluding hydrogens is 220 g/mol. The first kappa shape index (κ1) is 13.4. The molecule has 1 aromatic rings. The van der Waals surface area contributed by atoms with Crippen LogP contribution in [0.15, 0.2) is 24.3 Å². The summed E-state index contributed by atoms with van der Waals surface area (Å²) < 4.78 is 5.80. The van der Waals surface area contributed by atoms with Crippen LogP contribution in [0.4, 0.5) is 0 Å². The predicted octanol–water partition coefficient (Wildman–Crippen LogP) is 4.60. The van der Waals surface area contributed by atoms with E-state index < -0.39 is 0 Å². The van der Waals surface area contributed by atoms with Gasteiger partial charge in [-0.1, -0.05) is 32.0 Å². The molecule has 2 heteroatoms. The van der Waals surface area contributed by atoms with E-state index in [1.54, 1.807) is 0 Å². The van der Waals surface area contributed by atoms with E-state index >= 15 is 0 Å². The molecular formula is C14H21ClO. The van der Waals surface area contributed by atoms with Gasteiger partial charge in [0.15, 0.2) is 0 Å². The van der Waals surface area contributed by atoms with Crippen molar-refractivity contribution in [2.45, 2.75) is 39.0 Å². The first-order valence-electron chi connectivity index (χ1n) is 6.07. The van der Waals surface area contributed by atoms with Gasteiger partial charge in [-0.15, -0.1) is 11.6 Å². The second-order valence-electron chi connectivity index (χ2n) is 4.09. The van der Waals surface area contributed by atoms with Crippen LogP contribution < -0.4 is 4.74 Å². The summed E-state index contributed by atoms with van der Waals surface area (Å²) in [4.78, 5) is 0. The van der Waals surface area contributed by atoms with Gasteiger partial charge in [-0.05, 0) is 36.8 Å². The van der Waals surface area contributed by atoms with Gasteiger partial charge in [0.25, 0.3) is 0 Å². The smallest absolute Gasteiger partial charge is 0.122 e. The zero-order chi connectivity index (χ0) is 11.8. The second-order valence-corrected chi connectivity index (χ2v) is 4.47. The summed E-state index contributed by atoms with van der Waals surface area (Å²) in [6.07, 6.45) is 3.19. The Morgan fingerprint density at radius 2 is 2.00 bits per heavy atom. The fraction of sp³-hybridized carbons (Fsp3) is 0.571. The van der Waals surface area contributed by atoms with Crippen LogP contribution in [-0.4, -0.2) is 12.5 Å². The third kappa shape index (κ3) is 4.05. The maximum atomic E-state index is 5.80. The van der Waals surface area contributed by atoms with Crippen LogP contribution in [0, 0.1) is 0 Å². The molecule has 0 fully saturated rings. The van der Waals surface area contributed by atoms with Crippen molar-refractivity contribution in [2.24, 2.45) is 0 Å². The van der Waals surface area contributed by atoms with Crippen molar-refractivity contribution in [2.75, 3.05) is 12.5 Å². The number of unbranched alkanes of at least 4 members (excludes halogenated alkanes) is 1. The number of halogens is 1. The van der Waals surface area contributed by atoms with E-state index in [1.807, 2.05) is 6.07 Å². The van der Waals surface area contributed by atoms with Crippen molar-refractivity contribution in [1.29, 1.82) is 0 Å². The quantitative estimate of drug-likeness (QED) is 0.500. The largest absolute Gasteiger partial charge is 0.493 e. The molecule has 16 heavy (non-hydrogen) atoms. The summed E-state index contributed by atoms with van der Waals surface area (Å²) in [7, 11) is 0. The first-order valence-corrected chi connectivity index (χ1v) is 6.60. The second kappa shape index (κ2) is 7.56. The molecule has 1 atom stereocenters. The number of hydrogen-bond donors (Lipinski definition) is 0. The minimum Gasteiger partial charge on any atom is -0.493 e. The van der Waals surface area contributed by atoms with Gasteiger partial charge in [0.05, 0.1) is 6.61 Å². The molecule has 1 rings (SSSR count). The monoisotopic (exact) mass is 240 g/mol. The van der Waals surface area contributed by atoms with Crippen LogP contribution in [0.3, 0.4) is 0 Å². The van der Waals surface area contributed by atoms with E-state index in [0.29, 0.717) is 5.92 Å². The van der Waals surface area contributed by atoms with Crippen LogP contribution in [-0.2, 0) is 0 Å². The lowest BCUT2D eigenvalue weighted by Gasteiger charge is -2.15. The van der Waals surface area contributed by atoms with Crippen LogP contribution >= 0.6 is 11.6 Å². The highest BCUT2D eigenvalue weighted by Crippen LogP contribution is 2.28. The Labute approximate surface area is 104 Å². The summed E-state index contributed by atoms with van der Waals surface area (Å²) in [5.41, 5.74) is 1.32. The average molecular weight is 241 g/mol. The van der Waals surface area contributed by atoms with Crippen molar-refractivity contribution in [1.82, 2.24) is 0 Å². The van der Waals surface area contributed by atoms with E-state index in [4.69, 9.17) is 16.3 Å². The molecule has 90 valence electrons. The van der Waals surface area contributed by atoms with Gasteiger partial charge >= 0.3 is 0 Å². The number of rotatable bonds is 7. The number of hydrogen-bond acceptors (Lipinski definition) is 1. The van der Waals surface area contributed by atoms with E-state index in [9.17, 15) is 0 Å². The molecule has 0 amide bonds. The molecule has 0 aliphatic carbocycles. The molecule has 0 saturated carbocycles.